The molecule has 0 radical (unpaired) electrons. The molecule has 0 spiro atoms. The Kier molecular flexibility index (Phi) is 3.46. The van der Waals surface area contributed by atoms with Crippen molar-refractivity contribution < 1.29 is 9.53 Å². The smallest absolute Gasteiger partial charge is 0.267 e. The Morgan fingerprint density at radius 1 is 1.41 bits per heavy atom. The van der Waals surface area contributed by atoms with E-state index in [1.54, 1.807) is 6.07 Å². The molecule has 4 N–H and O–H groups in total. The van der Waals surface area contributed by atoms with Crippen molar-refractivity contribution in [3.63, 3.8) is 0 Å². The number of nitrogens with zero attached hydrogens (tertiary/aromatic N) is 1. The summed E-state index contributed by atoms with van der Waals surface area (Å²) in [5.74, 6) is 0.317. The van der Waals surface area contributed by atoms with Gasteiger partial charge in [0, 0.05) is 0 Å². The molecule has 92 valence electrons. The van der Waals surface area contributed by atoms with Crippen molar-refractivity contribution in [1.82, 2.24) is 4.98 Å². The summed E-state index contributed by atoms with van der Waals surface area (Å²) in [7, 11) is 0. The van der Waals surface area contributed by atoms with Gasteiger partial charge in [0.05, 0.1) is 12.3 Å². The third-order valence-corrected chi connectivity index (χ3v) is 3.07. The highest BCUT2D eigenvalue weighted by Crippen LogP contribution is 2.26. The van der Waals surface area contributed by atoms with Gasteiger partial charge in [-0.1, -0.05) is 12.8 Å². The van der Waals surface area contributed by atoms with Gasteiger partial charge in [0.15, 0.2) is 0 Å². The Bertz CT molecular complexity index is 414. The van der Waals surface area contributed by atoms with Crippen molar-refractivity contribution >= 4 is 11.6 Å². The van der Waals surface area contributed by atoms with Gasteiger partial charge in [0.25, 0.3) is 5.91 Å². The maximum absolute atomic E-state index is 11.0. The van der Waals surface area contributed by atoms with Gasteiger partial charge < -0.3 is 16.2 Å². The predicted octanol–water partition coefficient (Wildman–Crippen LogP) is 1.33. The molecule has 0 atom stereocenters. The number of aromatic nitrogens is 1. The number of anilines is 1. The summed E-state index contributed by atoms with van der Waals surface area (Å²) in [6, 6.07) is 3.09. The molecular formula is C12H17N3O2. The molecule has 0 unspecified atom stereocenters. The van der Waals surface area contributed by atoms with Gasteiger partial charge in [-0.3, -0.25) is 4.79 Å². The van der Waals surface area contributed by atoms with Crippen LogP contribution < -0.4 is 16.2 Å². The summed E-state index contributed by atoms with van der Waals surface area (Å²) >= 11 is 0. The molecule has 1 amide bonds. The molecule has 5 nitrogen and oxygen atoms in total. The van der Waals surface area contributed by atoms with E-state index < -0.39 is 5.91 Å². The number of hydrogen-bond donors (Lipinski definition) is 2. The third kappa shape index (κ3) is 2.87. The number of amides is 1. The molecule has 1 saturated carbocycles. The number of hydrogen-bond acceptors (Lipinski definition) is 4. The molecule has 0 aliphatic heterocycles. The van der Waals surface area contributed by atoms with Gasteiger partial charge in [-0.15, -0.1) is 0 Å². The number of nitrogens with two attached hydrogens (primary N) is 2. The SMILES string of the molecule is NC(=O)c1ccc(N)c(OCC2CCCC2)n1. The topological polar surface area (TPSA) is 91.2 Å². The molecule has 1 aromatic heterocycles. The van der Waals surface area contributed by atoms with E-state index in [-0.39, 0.29) is 5.69 Å². The van der Waals surface area contributed by atoms with Crippen LogP contribution in [0.25, 0.3) is 0 Å². The summed E-state index contributed by atoms with van der Waals surface area (Å²) in [6.45, 7) is 0.611. The molecule has 2 rings (SSSR count). The van der Waals surface area contributed by atoms with E-state index in [1.807, 2.05) is 0 Å². The average Bonchev–Trinajstić information content (AvgIpc) is 2.80. The Morgan fingerprint density at radius 2 is 2.12 bits per heavy atom. The highest BCUT2D eigenvalue weighted by Gasteiger charge is 2.17. The van der Waals surface area contributed by atoms with Crippen LogP contribution in [0.15, 0.2) is 12.1 Å². The fourth-order valence-corrected chi connectivity index (χ4v) is 2.08. The van der Waals surface area contributed by atoms with E-state index >= 15 is 0 Å². The molecule has 0 saturated heterocycles. The van der Waals surface area contributed by atoms with Crippen molar-refractivity contribution in [3.8, 4) is 5.88 Å². The average molecular weight is 235 g/mol. The lowest BCUT2D eigenvalue weighted by molar-refractivity contribution is 0.0994. The van der Waals surface area contributed by atoms with Crippen LogP contribution >= 0.6 is 0 Å². The van der Waals surface area contributed by atoms with Gasteiger partial charge in [0.1, 0.15) is 5.69 Å². The summed E-state index contributed by atoms with van der Waals surface area (Å²) in [5, 5.41) is 0. The quantitative estimate of drug-likeness (QED) is 0.823. The Hall–Kier alpha value is -1.78. The van der Waals surface area contributed by atoms with Crippen LogP contribution in [0.3, 0.4) is 0 Å². The van der Waals surface area contributed by atoms with Crippen molar-refractivity contribution in [1.29, 1.82) is 0 Å². The number of pyridine rings is 1. The maximum Gasteiger partial charge on any atom is 0.267 e. The molecule has 1 aliphatic carbocycles. The monoisotopic (exact) mass is 235 g/mol. The van der Waals surface area contributed by atoms with E-state index in [9.17, 15) is 4.79 Å². The molecule has 0 aromatic carbocycles. The summed E-state index contributed by atoms with van der Waals surface area (Å²) in [6.07, 6.45) is 4.90. The molecule has 17 heavy (non-hydrogen) atoms. The predicted molar refractivity (Wildman–Crippen MR) is 64.6 cm³/mol. The number of carbonyl (C=O) groups excluding carboxylic acids is 1. The first-order valence-electron chi connectivity index (χ1n) is 5.86. The van der Waals surface area contributed by atoms with Gasteiger partial charge in [-0.05, 0) is 30.9 Å². The van der Waals surface area contributed by atoms with Gasteiger partial charge in [-0.2, -0.15) is 0 Å². The first-order chi connectivity index (χ1) is 8.16. The van der Waals surface area contributed by atoms with Crippen LogP contribution in [-0.2, 0) is 0 Å². The van der Waals surface area contributed by atoms with Gasteiger partial charge >= 0.3 is 0 Å². The highest BCUT2D eigenvalue weighted by atomic mass is 16.5. The normalized spacial score (nSPS) is 16.0. The lowest BCUT2D eigenvalue weighted by atomic mass is 10.1. The molecule has 1 heterocycles. The minimum Gasteiger partial charge on any atom is -0.476 e. The van der Waals surface area contributed by atoms with Crippen LogP contribution in [0.2, 0.25) is 0 Å². The minimum atomic E-state index is -0.573. The fourth-order valence-electron chi connectivity index (χ4n) is 2.08. The van der Waals surface area contributed by atoms with E-state index in [0.29, 0.717) is 24.1 Å². The lowest BCUT2D eigenvalue weighted by Gasteiger charge is -2.12. The summed E-state index contributed by atoms with van der Waals surface area (Å²) in [4.78, 5) is 15.0. The largest absolute Gasteiger partial charge is 0.476 e. The van der Waals surface area contributed by atoms with Crippen LogP contribution in [0.5, 0.6) is 5.88 Å². The Morgan fingerprint density at radius 3 is 2.76 bits per heavy atom. The third-order valence-electron chi connectivity index (χ3n) is 3.07. The Balaban J connectivity index is 2.03. The zero-order valence-corrected chi connectivity index (χ0v) is 9.69. The molecule has 0 bridgehead atoms. The number of nitrogen functional groups attached to an aromatic ring is 1. The second-order valence-electron chi connectivity index (χ2n) is 4.42. The van der Waals surface area contributed by atoms with Crippen molar-refractivity contribution in [2.45, 2.75) is 25.7 Å². The first kappa shape index (κ1) is 11.7. The van der Waals surface area contributed by atoms with Crippen LogP contribution in [0, 0.1) is 5.92 Å². The highest BCUT2D eigenvalue weighted by molar-refractivity contribution is 5.91. The van der Waals surface area contributed by atoms with E-state index in [1.165, 1.54) is 31.7 Å². The molecular weight excluding hydrogens is 218 g/mol. The van der Waals surface area contributed by atoms with Crippen molar-refractivity contribution in [2.75, 3.05) is 12.3 Å². The minimum absolute atomic E-state index is 0.181. The number of carbonyl (C=O) groups is 1. The zero-order chi connectivity index (χ0) is 12.3. The molecule has 1 aromatic rings. The second-order valence-corrected chi connectivity index (χ2v) is 4.42. The molecule has 1 fully saturated rings. The fraction of sp³-hybridized carbons (Fsp3) is 0.500. The molecule has 1 aliphatic rings. The summed E-state index contributed by atoms with van der Waals surface area (Å²) in [5.41, 5.74) is 11.5. The number of primary amides is 1. The zero-order valence-electron chi connectivity index (χ0n) is 9.69. The van der Waals surface area contributed by atoms with Crippen LogP contribution in [0.4, 0.5) is 5.69 Å². The van der Waals surface area contributed by atoms with Gasteiger partial charge in [-0.25, -0.2) is 4.98 Å². The van der Waals surface area contributed by atoms with Gasteiger partial charge in [0.2, 0.25) is 5.88 Å². The van der Waals surface area contributed by atoms with E-state index in [2.05, 4.69) is 4.98 Å². The Labute approximate surface area is 100 Å². The molecule has 5 heteroatoms. The number of rotatable bonds is 4. The second kappa shape index (κ2) is 5.03. The van der Waals surface area contributed by atoms with Crippen LogP contribution in [-0.4, -0.2) is 17.5 Å². The lowest BCUT2D eigenvalue weighted by Crippen LogP contribution is -2.15. The standard InChI is InChI=1S/C12H17N3O2/c13-9-5-6-10(11(14)16)15-12(9)17-7-8-3-1-2-4-8/h5-6,8H,1-4,7,13H2,(H2,14,16). The number of ether oxygens (including phenoxy) is 1. The van der Waals surface area contributed by atoms with E-state index in [0.717, 1.165) is 0 Å². The van der Waals surface area contributed by atoms with Crippen LogP contribution in [0.1, 0.15) is 36.2 Å². The van der Waals surface area contributed by atoms with E-state index in [4.69, 9.17) is 16.2 Å². The first-order valence-corrected chi connectivity index (χ1v) is 5.86. The van der Waals surface area contributed by atoms with Crippen molar-refractivity contribution in [3.05, 3.63) is 17.8 Å². The van der Waals surface area contributed by atoms with Crippen molar-refractivity contribution in [2.24, 2.45) is 11.7 Å². The maximum atomic E-state index is 11.0. The summed E-state index contributed by atoms with van der Waals surface area (Å²) < 4.78 is 5.57.